The van der Waals surface area contributed by atoms with Crippen molar-refractivity contribution in [3.8, 4) is 0 Å². The molecule has 7 heteroatoms. The number of carbonyl (C=O) groups excluding carboxylic acids is 2. The number of ether oxygens (including phenoxy) is 2. The first-order chi connectivity index (χ1) is 18.1. The molecule has 0 saturated heterocycles. The molecule has 4 rings (SSSR count). The molecule has 0 heterocycles. The van der Waals surface area contributed by atoms with E-state index in [1.165, 1.54) is 7.11 Å². The second-order valence-electron chi connectivity index (χ2n) is 8.37. The standard InChI is InChI=1S/C31H29NO4S.ClH/c1-35-29(33)28(32-30(34)36-22-24-14-6-2-7-15-24)23-37-31(25-16-8-3-9-17-25,26-18-10-4-11-19-26)27-20-12-5-13-21-27;/h2-21,28H,22-23H2,1H3,(H,32,34);1H/t28-;/m0./s1. The van der Waals surface area contributed by atoms with Crippen molar-refractivity contribution in [1.82, 2.24) is 5.32 Å². The number of hydrogen-bond acceptors (Lipinski definition) is 5. The molecule has 38 heavy (non-hydrogen) atoms. The Kier molecular flexibility index (Phi) is 10.8. The van der Waals surface area contributed by atoms with Crippen LogP contribution in [0.1, 0.15) is 22.3 Å². The van der Waals surface area contributed by atoms with Crippen LogP contribution in [0.3, 0.4) is 0 Å². The minimum atomic E-state index is -0.909. The first-order valence-electron chi connectivity index (χ1n) is 12.0. The molecule has 1 N–H and O–H groups in total. The zero-order valence-electron chi connectivity index (χ0n) is 21.0. The summed E-state index contributed by atoms with van der Waals surface area (Å²) in [4.78, 5) is 25.4. The van der Waals surface area contributed by atoms with Gasteiger partial charge in [-0.3, -0.25) is 0 Å². The fraction of sp³-hybridized carbons (Fsp3) is 0.161. The second kappa shape index (κ2) is 14.3. The molecule has 0 aromatic heterocycles. The molecule has 0 aliphatic rings. The number of nitrogens with one attached hydrogen (secondary N) is 1. The van der Waals surface area contributed by atoms with Crippen molar-refractivity contribution < 1.29 is 19.1 Å². The van der Waals surface area contributed by atoms with Crippen molar-refractivity contribution in [2.45, 2.75) is 17.4 Å². The Morgan fingerprint density at radius 1 is 0.737 bits per heavy atom. The van der Waals surface area contributed by atoms with Crippen LogP contribution in [-0.4, -0.2) is 31.0 Å². The van der Waals surface area contributed by atoms with Gasteiger partial charge in [0, 0.05) is 5.75 Å². The Labute approximate surface area is 234 Å². The predicted octanol–water partition coefficient (Wildman–Crippen LogP) is 6.60. The number of esters is 1. The lowest BCUT2D eigenvalue weighted by Gasteiger charge is -2.36. The zero-order valence-corrected chi connectivity index (χ0v) is 22.6. The summed E-state index contributed by atoms with van der Waals surface area (Å²) in [7, 11) is 1.32. The van der Waals surface area contributed by atoms with Crippen molar-refractivity contribution in [3.63, 3.8) is 0 Å². The first-order valence-corrected chi connectivity index (χ1v) is 13.0. The maximum atomic E-state index is 12.7. The number of benzene rings is 4. The van der Waals surface area contributed by atoms with E-state index in [0.717, 1.165) is 22.3 Å². The molecule has 0 aliphatic carbocycles. The maximum absolute atomic E-state index is 12.7. The van der Waals surface area contributed by atoms with Gasteiger partial charge < -0.3 is 14.8 Å². The largest absolute Gasteiger partial charge is 0.467 e. The van der Waals surface area contributed by atoms with Crippen LogP contribution in [0.2, 0.25) is 0 Å². The minimum Gasteiger partial charge on any atom is -0.467 e. The number of thioether (sulfide) groups is 1. The number of amides is 1. The molecule has 1 atom stereocenters. The molecule has 0 fully saturated rings. The molecule has 0 saturated carbocycles. The molecule has 0 spiro atoms. The summed E-state index contributed by atoms with van der Waals surface area (Å²) in [5.41, 5.74) is 4.05. The van der Waals surface area contributed by atoms with Crippen LogP contribution in [0, 0.1) is 0 Å². The summed E-state index contributed by atoms with van der Waals surface area (Å²) in [5.74, 6) is -0.279. The van der Waals surface area contributed by atoms with Gasteiger partial charge in [-0.2, -0.15) is 0 Å². The lowest BCUT2D eigenvalue weighted by Crippen LogP contribution is -2.44. The highest BCUT2D eigenvalue weighted by Crippen LogP contribution is 2.48. The van der Waals surface area contributed by atoms with E-state index in [1.807, 2.05) is 84.9 Å². The summed E-state index contributed by atoms with van der Waals surface area (Å²) in [5, 5.41) is 2.71. The smallest absolute Gasteiger partial charge is 0.408 e. The van der Waals surface area contributed by atoms with Gasteiger partial charge in [0.1, 0.15) is 12.6 Å². The summed E-state index contributed by atoms with van der Waals surface area (Å²) in [6.45, 7) is 0.107. The zero-order chi connectivity index (χ0) is 25.9. The average Bonchev–Trinajstić information content (AvgIpc) is 2.97. The number of halogens is 1. The first kappa shape index (κ1) is 28.8. The molecule has 5 nitrogen and oxygen atoms in total. The van der Waals surface area contributed by atoms with E-state index in [-0.39, 0.29) is 24.8 Å². The van der Waals surface area contributed by atoms with Crippen molar-refractivity contribution in [1.29, 1.82) is 0 Å². The van der Waals surface area contributed by atoms with Gasteiger partial charge in [-0.25, -0.2) is 9.59 Å². The lowest BCUT2D eigenvalue weighted by atomic mass is 9.84. The van der Waals surface area contributed by atoms with Crippen molar-refractivity contribution in [3.05, 3.63) is 144 Å². The molecule has 4 aromatic rings. The van der Waals surface area contributed by atoms with E-state index in [4.69, 9.17) is 9.47 Å². The lowest BCUT2D eigenvalue weighted by molar-refractivity contribution is -0.142. The van der Waals surface area contributed by atoms with E-state index >= 15 is 0 Å². The molecule has 0 bridgehead atoms. The minimum absolute atomic E-state index is 0. The van der Waals surface area contributed by atoms with Crippen molar-refractivity contribution >= 4 is 36.2 Å². The van der Waals surface area contributed by atoms with Gasteiger partial charge in [0.15, 0.2) is 0 Å². The van der Waals surface area contributed by atoms with Gasteiger partial charge >= 0.3 is 12.1 Å². The van der Waals surface area contributed by atoms with E-state index in [1.54, 1.807) is 11.8 Å². The Morgan fingerprint density at radius 3 is 1.58 bits per heavy atom. The third-order valence-corrected chi connectivity index (χ3v) is 7.64. The van der Waals surface area contributed by atoms with E-state index in [9.17, 15) is 9.59 Å². The molecule has 196 valence electrons. The van der Waals surface area contributed by atoms with Crippen molar-refractivity contribution in [2.75, 3.05) is 12.9 Å². The van der Waals surface area contributed by atoms with Crippen LogP contribution in [0.5, 0.6) is 0 Å². The highest BCUT2D eigenvalue weighted by atomic mass is 35.5. The summed E-state index contributed by atoms with van der Waals surface area (Å²) in [6.07, 6.45) is -0.676. The monoisotopic (exact) mass is 547 g/mol. The van der Waals surface area contributed by atoms with Crippen LogP contribution < -0.4 is 5.32 Å². The Morgan fingerprint density at radius 2 is 1.16 bits per heavy atom. The quantitative estimate of drug-likeness (QED) is 0.179. The normalized spacial score (nSPS) is 11.5. The van der Waals surface area contributed by atoms with E-state index in [0.29, 0.717) is 0 Å². The highest BCUT2D eigenvalue weighted by molar-refractivity contribution is 8.00. The van der Waals surface area contributed by atoms with Crippen LogP contribution in [0.15, 0.2) is 121 Å². The molecular weight excluding hydrogens is 518 g/mol. The van der Waals surface area contributed by atoms with Gasteiger partial charge in [0.05, 0.1) is 11.9 Å². The van der Waals surface area contributed by atoms with Gasteiger partial charge in [-0.05, 0) is 22.3 Å². The fourth-order valence-corrected chi connectivity index (χ4v) is 5.74. The average molecular weight is 548 g/mol. The van der Waals surface area contributed by atoms with Crippen LogP contribution in [0.25, 0.3) is 0 Å². The van der Waals surface area contributed by atoms with Crippen LogP contribution in [-0.2, 0) is 25.6 Å². The SMILES string of the molecule is COC(=O)[C@H](CSC(c1ccccc1)(c1ccccc1)c1ccccc1)NC(=O)OCc1ccccc1.Cl. The number of carbonyl (C=O) groups is 2. The Hall–Kier alpha value is -3.74. The summed E-state index contributed by atoms with van der Waals surface area (Å²) in [6, 6.07) is 39.0. The summed E-state index contributed by atoms with van der Waals surface area (Å²) < 4.78 is 9.77. The van der Waals surface area contributed by atoms with Gasteiger partial charge in [0.25, 0.3) is 0 Å². The van der Waals surface area contributed by atoms with E-state index in [2.05, 4.69) is 41.7 Å². The Bertz CT molecular complexity index is 1180. The number of hydrogen-bond donors (Lipinski definition) is 1. The van der Waals surface area contributed by atoms with Crippen LogP contribution in [0.4, 0.5) is 4.79 Å². The molecule has 4 aromatic carbocycles. The number of alkyl carbamates (subject to hydrolysis) is 1. The molecule has 0 unspecified atom stereocenters. The molecule has 0 aliphatic heterocycles. The highest BCUT2D eigenvalue weighted by Gasteiger charge is 2.38. The number of rotatable bonds is 10. The third kappa shape index (κ3) is 6.97. The number of methoxy groups -OCH3 is 1. The summed E-state index contributed by atoms with van der Waals surface area (Å²) >= 11 is 1.57. The van der Waals surface area contributed by atoms with Gasteiger partial charge in [-0.1, -0.05) is 121 Å². The third-order valence-electron chi connectivity index (χ3n) is 6.00. The second-order valence-corrected chi connectivity index (χ2v) is 9.61. The topological polar surface area (TPSA) is 64.6 Å². The maximum Gasteiger partial charge on any atom is 0.408 e. The van der Waals surface area contributed by atoms with Gasteiger partial charge in [0.2, 0.25) is 0 Å². The fourth-order valence-electron chi connectivity index (χ4n) is 4.19. The van der Waals surface area contributed by atoms with Crippen molar-refractivity contribution in [2.24, 2.45) is 0 Å². The molecular formula is C31H30ClNO4S. The van der Waals surface area contributed by atoms with Crippen LogP contribution >= 0.6 is 24.2 Å². The molecule has 0 radical (unpaired) electrons. The van der Waals surface area contributed by atoms with E-state index < -0.39 is 22.9 Å². The predicted molar refractivity (Wildman–Crippen MR) is 154 cm³/mol. The molecule has 1 amide bonds. The Balaban J connectivity index is 0.00000400. The van der Waals surface area contributed by atoms with Gasteiger partial charge in [-0.15, -0.1) is 24.2 Å².